The maximum atomic E-state index is 12.0. The molecule has 5 heteroatoms. The molecule has 0 aliphatic rings. The van der Waals surface area contributed by atoms with Gasteiger partial charge in [0.2, 0.25) is 0 Å². The molecule has 0 unspecified atom stereocenters. The number of rotatable bonds is 6. The Balaban J connectivity index is 2.57. The van der Waals surface area contributed by atoms with Gasteiger partial charge in [0, 0.05) is 13.6 Å². The number of carbonyl (C=O) groups is 2. The summed E-state index contributed by atoms with van der Waals surface area (Å²) in [5.41, 5.74) is 1.00. The van der Waals surface area contributed by atoms with E-state index in [4.69, 9.17) is 5.11 Å². The zero-order valence-corrected chi connectivity index (χ0v) is 12.2. The fourth-order valence-corrected chi connectivity index (χ4v) is 1.88. The number of carbonyl (C=O) groups excluding carboxylic acids is 1. The van der Waals surface area contributed by atoms with Crippen molar-refractivity contribution >= 4 is 12.0 Å². The molecule has 1 aromatic rings. The van der Waals surface area contributed by atoms with E-state index in [1.165, 1.54) is 4.90 Å². The molecule has 20 heavy (non-hydrogen) atoms. The van der Waals surface area contributed by atoms with Crippen molar-refractivity contribution in [3.63, 3.8) is 0 Å². The van der Waals surface area contributed by atoms with Gasteiger partial charge < -0.3 is 15.3 Å². The largest absolute Gasteiger partial charge is 0.480 e. The lowest BCUT2D eigenvalue weighted by atomic mass is 10.0. The number of benzene rings is 1. The quantitative estimate of drug-likeness (QED) is 0.839. The molecule has 0 aliphatic carbocycles. The van der Waals surface area contributed by atoms with Crippen LogP contribution in [0.4, 0.5) is 4.79 Å². The van der Waals surface area contributed by atoms with E-state index in [0.717, 1.165) is 5.56 Å². The highest BCUT2D eigenvalue weighted by molar-refractivity contribution is 5.82. The number of carboxylic acid groups (broad SMARTS) is 1. The van der Waals surface area contributed by atoms with Crippen molar-refractivity contribution in [2.75, 3.05) is 7.05 Å². The third-order valence-corrected chi connectivity index (χ3v) is 2.91. The predicted molar refractivity (Wildman–Crippen MR) is 77.3 cm³/mol. The van der Waals surface area contributed by atoms with Gasteiger partial charge in [-0.25, -0.2) is 9.59 Å². The fourth-order valence-electron chi connectivity index (χ4n) is 1.88. The number of hydrogen-bond acceptors (Lipinski definition) is 2. The fraction of sp³-hybridized carbons (Fsp3) is 0.467. The van der Waals surface area contributed by atoms with Crippen molar-refractivity contribution in [1.82, 2.24) is 10.2 Å². The summed E-state index contributed by atoms with van der Waals surface area (Å²) in [4.78, 5) is 24.6. The predicted octanol–water partition coefficient (Wildman–Crippen LogP) is 2.33. The van der Waals surface area contributed by atoms with E-state index >= 15 is 0 Å². The van der Waals surface area contributed by atoms with Crippen molar-refractivity contribution in [3.05, 3.63) is 35.9 Å². The van der Waals surface area contributed by atoms with Gasteiger partial charge >= 0.3 is 12.0 Å². The third kappa shape index (κ3) is 5.30. The summed E-state index contributed by atoms with van der Waals surface area (Å²) >= 11 is 0. The molecule has 0 spiro atoms. The van der Waals surface area contributed by atoms with Crippen LogP contribution < -0.4 is 5.32 Å². The number of urea groups is 1. The Morgan fingerprint density at radius 3 is 2.35 bits per heavy atom. The van der Waals surface area contributed by atoms with Crippen LogP contribution >= 0.6 is 0 Å². The summed E-state index contributed by atoms with van der Waals surface area (Å²) in [7, 11) is 1.65. The molecule has 1 atom stereocenters. The smallest absolute Gasteiger partial charge is 0.326 e. The SMILES string of the molecule is CC(C)C[C@@H](NC(=O)N(C)Cc1ccccc1)C(=O)O. The monoisotopic (exact) mass is 278 g/mol. The average Bonchev–Trinajstić information content (AvgIpc) is 2.38. The standard InChI is InChI=1S/C15H22N2O3/c1-11(2)9-13(14(18)19)16-15(20)17(3)10-12-7-5-4-6-8-12/h4-8,11,13H,9-10H2,1-3H3,(H,16,20)(H,18,19)/t13-/m1/s1. The van der Waals surface area contributed by atoms with Crippen LogP contribution in [0.2, 0.25) is 0 Å². The van der Waals surface area contributed by atoms with Crippen LogP contribution in [0.5, 0.6) is 0 Å². The maximum absolute atomic E-state index is 12.0. The molecule has 1 aromatic carbocycles. The summed E-state index contributed by atoms with van der Waals surface area (Å²) in [6, 6.07) is 8.34. The molecule has 0 saturated carbocycles. The van der Waals surface area contributed by atoms with Gasteiger partial charge in [-0.3, -0.25) is 0 Å². The minimum Gasteiger partial charge on any atom is -0.480 e. The van der Waals surface area contributed by atoms with Gasteiger partial charge in [0.25, 0.3) is 0 Å². The Bertz CT molecular complexity index is 446. The molecule has 0 radical (unpaired) electrons. The van der Waals surface area contributed by atoms with Crippen LogP contribution in [0.15, 0.2) is 30.3 Å². The molecule has 110 valence electrons. The Hall–Kier alpha value is -2.04. The first kappa shape index (κ1) is 16.0. The summed E-state index contributed by atoms with van der Waals surface area (Å²) < 4.78 is 0. The molecule has 2 amide bonds. The number of amides is 2. The van der Waals surface area contributed by atoms with E-state index in [9.17, 15) is 9.59 Å². The molecule has 0 fully saturated rings. The Labute approximate surface area is 119 Å². The van der Waals surface area contributed by atoms with Gasteiger partial charge in [-0.05, 0) is 17.9 Å². The van der Waals surface area contributed by atoms with Gasteiger partial charge in [-0.2, -0.15) is 0 Å². The first-order valence-corrected chi connectivity index (χ1v) is 6.68. The zero-order valence-electron chi connectivity index (χ0n) is 12.2. The molecule has 2 N–H and O–H groups in total. The first-order chi connectivity index (χ1) is 9.40. The van der Waals surface area contributed by atoms with E-state index in [1.807, 2.05) is 44.2 Å². The molecule has 5 nitrogen and oxygen atoms in total. The minimum absolute atomic E-state index is 0.204. The summed E-state index contributed by atoms with van der Waals surface area (Å²) in [6.45, 7) is 4.30. The number of aliphatic carboxylic acids is 1. The average molecular weight is 278 g/mol. The second-order valence-corrected chi connectivity index (χ2v) is 5.31. The topological polar surface area (TPSA) is 69.6 Å². The zero-order chi connectivity index (χ0) is 15.1. The summed E-state index contributed by atoms with van der Waals surface area (Å²) in [5, 5.41) is 11.7. The minimum atomic E-state index is -1.000. The van der Waals surface area contributed by atoms with E-state index in [0.29, 0.717) is 13.0 Å². The maximum Gasteiger partial charge on any atom is 0.326 e. The van der Waals surface area contributed by atoms with Gasteiger partial charge in [0.15, 0.2) is 0 Å². The number of carboxylic acids is 1. The van der Waals surface area contributed by atoms with Crippen molar-refractivity contribution in [3.8, 4) is 0 Å². The van der Waals surface area contributed by atoms with E-state index in [-0.39, 0.29) is 11.9 Å². The van der Waals surface area contributed by atoms with Crippen molar-refractivity contribution in [1.29, 1.82) is 0 Å². The second-order valence-electron chi connectivity index (χ2n) is 5.31. The Morgan fingerprint density at radius 1 is 1.25 bits per heavy atom. The van der Waals surface area contributed by atoms with E-state index in [2.05, 4.69) is 5.32 Å². The highest BCUT2D eigenvalue weighted by Gasteiger charge is 2.22. The first-order valence-electron chi connectivity index (χ1n) is 6.68. The molecule has 1 rings (SSSR count). The molecule has 0 heterocycles. The highest BCUT2D eigenvalue weighted by atomic mass is 16.4. The Kier molecular flexibility index (Phi) is 6.03. The molecular weight excluding hydrogens is 256 g/mol. The van der Waals surface area contributed by atoms with E-state index < -0.39 is 12.0 Å². The summed E-state index contributed by atoms with van der Waals surface area (Å²) in [5.74, 6) is -0.795. The summed E-state index contributed by atoms with van der Waals surface area (Å²) in [6.07, 6.45) is 0.417. The number of nitrogens with one attached hydrogen (secondary N) is 1. The van der Waals surface area contributed by atoms with Crippen LogP contribution in [0.3, 0.4) is 0 Å². The van der Waals surface area contributed by atoms with Gasteiger partial charge in [-0.1, -0.05) is 44.2 Å². The molecular formula is C15H22N2O3. The van der Waals surface area contributed by atoms with E-state index in [1.54, 1.807) is 7.05 Å². The Morgan fingerprint density at radius 2 is 1.85 bits per heavy atom. The third-order valence-electron chi connectivity index (χ3n) is 2.91. The molecule has 0 saturated heterocycles. The lowest BCUT2D eigenvalue weighted by Gasteiger charge is -2.22. The highest BCUT2D eigenvalue weighted by Crippen LogP contribution is 2.07. The lowest BCUT2D eigenvalue weighted by molar-refractivity contribution is -0.139. The van der Waals surface area contributed by atoms with Crippen molar-refractivity contribution in [2.24, 2.45) is 5.92 Å². The van der Waals surface area contributed by atoms with Crippen LogP contribution in [-0.2, 0) is 11.3 Å². The van der Waals surface area contributed by atoms with Crippen LogP contribution in [-0.4, -0.2) is 35.1 Å². The van der Waals surface area contributed by atoms with Crippen LogP contribution in [0, 0.1) is 5.92 Å². The molecule has 0 aliphatic heterocycles. The number of nitrogens with zero attached hydrogens (tertiary/aromatic N) is 1. The normalized spacial score (nSPS) is 12.0. The van der Waals surface area contributed by atoms with Gasteiger partial charge in [0.05, 0.1) is 0 Å². The van der Waals surface area contributed by atoms with Crippen LogP contribution in [0.25, 0.3) is 0 Å². The lowest BCUT2D eigenvalue weighted by Crippen LogP contribution is -2.46. The van der Waals surface area contributed by atoms with Crippen molar-refractivity contribution < 1.29 is 14.7 Å². The molecule has 0 bridgehead atoms. The van der Waals surface area contributed by atoms with Crippen LogP contribution in [0.1, 0.15) is 25.8 Å². The van der Waals surface area contributed by atoms with Crippen molar-refractivity contribution in [2.45, 2.75) is 32.9 Å². The van der Waals surface area contributed by atoms with Gasteiger partial charge in [-0.15, -0.1) is 0 Å². The van der Waals surface area contributed by atoms with Gasteiger partial charge in [0.1, 0.15) is 6.04 Å². The second kappa shape index (κ2) is 7.53. The molecule has 0 aromatic heterocycles. The number of hydrogen-bond donors (Lipinski definition) is 2.